The lowest BCUT2D eigenvalue weighted by atomic mass is 9.71. The zero-order valence-electron chi connectivity index (χ0n) is 17.4. The largest absolute Gasteiger partial charge is 0.463 e. The monoisotopic (exact) mass is 401 g/mol. The van der Waals surface area contributed by atoms with Gasteiger partial charge in [0.05, 0.1) is 5.92 Å². The predicted octanol–water partition coefficient (Wildman–Crippen LogP) is 2.76. The Balaban J connectivity index is 2.06. The molecule has 1 fully saturated rings. The minimum absolute atomic E-state index is 0.0675. The molecule has 156 valence electrons. The van der Waals surface area contributed by atoms with Crippen LogP contribution in [0.25, 0.3) is 0 Å². The van der Waals surface area contributed by atoms with Gasteiger partial charge in [0.2, 0.25) is 0 Å². The molecular formula is C22H27NO6. The third-order valence-corrected chi connectivity index (χ3v) is 5.54. The fourth-order valence-corrected chi connectivity index (χ4v) is 4.37. The average molecular weight is 401 g/mol. The first kappa shape index (κ1) is 21.0. The Labute approximate surface area is 170 Å². The van der Waals surface area contributed by atoms with Crippen LogP contribution in [-0.4, -0.2) is 42.3 Å². The smallest absolute Gasteiger partial charge is 0.303 e. The number of carbonyl (C=O) groups is 3. The second-order valence-corrected chi connectivity index (χ2v) is 7.80. The molecule has 0 spiro atoms. The van der Waals surface area contributed by atoms with Crippen molar-refractivity contribution >= 4 is 23.4 Å². The van der Waals surface area contributed by atoms with Crippen LogP contribution >= 0.6 is 0 Å². The molecule has 2 heterocycles. The maximum Gasteiger partial charge on any atom is 0.303 e. The van der Waals surface area contributed by atoms with E-state index in [0.717, 1.165) is 11.3 Å². The van der Waals surface area contributed by atoms with Gasteiger partial charge in [-0.2, -0.15) is 0 Å². The van der Waals surface area contributed by atoms with Gasteiger partial charge in [-0.05, 0) is 32.9 Å². The van der Waals surface area contributed by atoms with E-state index < -0.39 is 41.7 Å². The molecule has 0 amide bonds. The SMILES string of the molecule is CC(=O)OCC1OC2(C)C(C(C)=O)C(C=CN2c2ccc(C)cc2)C1OC(C)=O. The van der Waals surface area contributed by atoms with Gasteiger partial charge in [-0.3, -0.25) is 14.4 Å². The number of Topliss-reactive ketones (excluding diaryl/α,β-unsaturated/α-hetero) is 1. The van der Waals surface area contributed by atoms with Gasteiger partial charge in [0, 0.05) is 31.7 Å². The molecule has 3 rings (SSSR count). The lowest BCUT2D eigenvalue weighted by Gasteiger charge is -2.56. The van der Waals surface area contributed by atoms with Crippen LogP contribution in [0.1, 0.15) is 33.3 Å². The second-order valence-electron chi connectivity index (χ2n) is 7.80. The Bertz CT molecular complexity index is 832. The fourth-order valence-electron chi connectivity index (χ4n) is 4.37. The van der Waals surface area contributed by atoms with Gasteiger partial charge in [0.15, 0.2) is 5.72 Å². The van der Waals surface area contributed by atoms with Gasteiger partial charge >= 0.3 is 11.9 Å². The highest BCUT2D eigenvalue weighted by Crippen LogP contribution is 2.47. The highest BCUT2D eigenvalue weighted by molar-refractivity contribution is 5.82. The Kier molecular flexibility index (Phi) is 5.80. The van der Waals surface area contributed by atoms with Crippen molar-refractivity contribution in [3.8, 4) is 0 Å². The van der Waals surface area contributed by atoms with Crippen molar-refractivity contribution in [2.45, 2.75) is 52.6 Å². The minimum atomic E-state index is -1.03. The summed E-state index contributed by atoms with van der Waals surface area (Å²) >= 11 is 0. The first-order valence-corrected chi connectivity index (χ1v) is 9.66. The van der Waals surface area contributed by atoms with Crippen LogP contribution in [0.3, 0.4) is 0 Å². The average Bonchev–Trinajstić information content (AvgIpc) is 2.62. The number of ether oxygens (including phenoxy) is 3. The summed E-state index contributed by atoms with van der Waals surface area (Å²) in [6, 6.07) is 7.90. The van der Waals surface area contributed by atoms with E-state index in [1.165, 1.54) is 20.8 Å². The Morgan fingerprint density at radius 1 is 1.10 bits per heavy atom. The van der Waals surface area contributed by atoms with Gasteiger partial charge in [-0.1, -0.05) is 23.8 Å². The molecule has 1 aromatic carbocycles. The highest BCUT2D eigenvalue weighted by Gasteiger charge is 2.59. The van der Waals surface area contributed by atoms with Crippen LogP contribution in [0, 0.1) is 18.8 Å². The number of esters is 2. The number of carbonyl (C=O) groups excluding carboxylic acids is 3. The number of aryl methyl sites for hydroxylation is 1. The molecule has 7 heteroatoms. The molecule has 2 bridgehead atoms. The molecular weight excluding hydrogens is 374 g/mol. The van der Waals surface area contributed by atoms with Crippen molar-refractivity contribution in [2.24, 2.45) is 11.8 Å². The maximum atomic E-state index is 12.7. The van der Waals surface area contributed by atoms with Crippen LogP contribution in [0.4, 0.5) is 5.69 Å². The number of benzene rings is 1. The molecule has 0 saturated carbocycles. The number of fused-ring (bicyclic) bond motifs is 2. The molecule has 2 aliphatic heterocycles. The molecule has 29 heavy (non-hydrogen) atoms. The number of rotatable bonds is 5. The number of nitrogens with zero attached hydrogens (tertiary/aromatic N) is 1. The van der Waals surface area contributed by atoms with Gasteiger partial charge in [0.25, 0.3) is 0 Å². The maximum absolute atomic E-state index is 12.7. The summed E-state index contributed by atoms with van der Waals surface area (Å²) in [5, 5.41) is 0. The normalized spacial score (nSPS) is 30.6. The molecule has 0 N–H and O–H groups in total. The van der Waals surface area contributed by atoms with E-state index in [-0.39, 0.29) is 12.4 Å². The molecule has 0 aliphatic carbocycles. The number of anilines is 1. The zero-order chi connectivity index (χ0) is 21.3. The number of hydrogen-bond donors (Lipinski definition) is 0. The van der Waals surface area contributed by atoms with Gasteiger partial charge in [-0.15, -0.1) is 0 Å². The molecule has 1 aromatic rings. The zero-order valence-corrected chi connectivity index (χ0v) is 17.4. The molecule has 5 unspecified atom stereocenters. The highest BCUT2D eigenvalue weighted by atomic mass is 16.6. The topological polar surface area (TPSA) is 82.1 Å². The molecule has 5 atom stereocenters. The quantitative estimate of drug-likeness (QED) is 0.702. The lowest BCUT2D eigenvalue weighted by molar-refractivity contribution is -0.234. The third kappa shape index (κ3) is 4.05. The minimum Gasteiger partial charge on any atom is -0.463 e. The van der Waals surface area contributed by atoms with Crippen LogP contribution < -0.4 is 4.90 Å². The first-order chi connectivity index (χ1) is 13.6. The summed E-state index contributed by atoms with van der Waals surface area (Å²) < 4.78 is 17.1. The van der Waals surface area contributed by atoms with Crippen molar-refractivity contribution in [3.63, 3.8) is 0 Å². The van der Waals surface area contributed by atoms with Crippen molar-refractivity contribution in [1.82, 2.24) is 0 Å². The standard InChI is InChI=1S/C22H27NO6/c1-13-6-8-17(9-7-13)23-11-10-18-20(14(2)24)22(23,5)29-19(12-27-15(3)25)21(18)28-16(4)26/h6-11,18-21H,12H2,1-5H3. The fraction of sp³-hybridized carbons (Fsp3) is 0.500. The van der Waals surface area contributed by atoms with Crippen LogP contribution in [0.2, 0.25) is 0 Å². The first-order valence-electron chi connectivity index (χ1n) is 9.66. The van der Waals surface area contributed by atoms with Crippen LogP contribution in [0.5, 0.6) is 0 Å². The van der Waals surface area contributed by atoms with Crippen molar-refractivity contribution < 1.29 is 28.6 Å². The number of hydrogen-bond acceptors (Lipinski definition) is 7. The van der Waals surface area contributed by atoms with Crippen molar-refractivity contribution in [1.29, 1.82) is 0 Å². The molecule has 7 nitrogen and oxygen atoms in total. The molecule has 0 radical (unpaired) electrons. The molecule has 0 aromatic heterocycles. The van der Waals surface area contributed by atoms with Crippen molar-refractivity contribution in [2.75, 3.05) is 11.5 Å². The molecule has 1 saturated heterocycles. The molecule has 2 aliphatic rings. The van der Waals surface area contributed by atoms with E-state index in [1.807, 2.05) is 55.3 Å². The van der Waals surface area contributed by atoms with Crippen LogP contribution in [-0.2, 0) is 28.6 Å². The summed E-state index contributed by atoms with van der Waals surface area (Å²) in [6.45, 7) is 7.91. The summed E-state index contributed by atoms with van der Waals surface area (Å²) in [6.07, 6.45) is 2.31. The summed E-state index contributed by atoms with van der Waals surface area (Å²) in [4.78, 5) is 37.7. The third-order valence-electron chi connectivity index (χ3n) is 5.54. The summed E-state index contributed by atoms with van der Waals surface area (Å²) in [7, 11) is 0. The van der Waals surface area contributed by atoms with E-state index in [4.69, 9.17) is 14.2 Å². The summed E-state index contributed by atoms with van der Waals surface area (Å²) in [5.41, 5.74) is 0.964. The lowest BCUT2D eigenvalue weighted by Crippen LogP contribution is -2.68. The Morgan fingerprint density at radius 2 is 1.76 bits per heavy atom. The predicted molar refractivity (Wildman–Crippen MR) is 106 cm³/mol. The Morgan fingerprint density at radius 3 is 2.31 bits per heavy atom. The van der Waals surface area contributed by atoms with Gasteiger partial charge in [-0.25, -0.2) is 0 Å². The Hall–Kier alpha value is -2.67. The second kappa shape index (κ2) is 7.99. The van der Waals surface area contributed by atoms with Gasteiger partial charge in [0.1, 0.15) is 24.6 Å². The van der Waals surface area contributed by atoms with E-state index in [0.29, 0.717) is 0 Å². The van der Waals surface area contributed by atoms with E-state index in [9.17, 15) is 14.4 Å². The number of ketones is 1. The van der Waals surface area contributed by atoms with Crippen LogP contribution in [0.15, 0.2) is 36.5 Å². The summed E-state index contributed by atoms with van der Waals surface area (Å²) in [5.74, 6) is -1.96. The van der Waals surface area contributed by atoms with E-state index in [1.54, 1.807) is 0 Å². The van der Waals surface area contributed by atoms with Gasteiger partial charge < -0.3 is 19.1 Å². The van der Waals surface area contributed by atoms with E-state index in [2.05, 4.69) is 0 Å². The van der Waals surface area contributed by atoms with Crippen molar-refractivity contribution in [3.05, 3.63) is 42.1 Å². The van der Waals surface area contributed by atoms with E-state index >= 15 is 0 Å².